The van der Waals surface area contributed by atoms with E-state index in [0.29, 0.717) is 12.5 Å². The van der Waals surface area contributed by atoms with Crippen molar-refractivity contribution in [2.75, 3.05) is 13.2 Å². The first-order chi connectivity index (χ1) is 8.19. The molecule has 3 rings (SSSR count). The van der Waals surface area contributed by atoms with Gasteiger partial charge in [-0.15, -0.1) is 11.3 Å². The van der Waals surface area contributed by atoms with Crippen LogP contribution in [0.4, 0.5) is 0 Å². The van der Waals surface area contributed by atoms with Crippen LogP contribution in [0.1, 0.15) is 11.3 Å². The molecule has 0 amide bonds. The van der Waals surface area contributed by atoms with Gasteiger partial charge in [0.15, 0.2) is 0 Å². The molecule has 1 fully saturated rings. The molecule has 17 heavy (non-hydrogen) atoms. The third-order valence-corrected chi connectivity index (χ3v) is 5.60. The van der Waals surface area contributed by atoms with Gasteiger partial charge in [-0.1, -0.05) is 22.0 Å². The van der Waals surface area contributed by atoms with Gasteiger partial charge in [0.25, 0.3) is 0 Å². The summed E-state index contributed by atoms with van der Waals surface area (Å²) in [7, 11) is 0. The Morgan fingerprint density at radius 1 is 1.47 bits per heavy atom. The molecule has 1 aliphatic carbocycles. The molecule has 1 aromatic carbocycles. The summed E-state index contributed by atoms with van der Waals surface area (Å²) in [6.07, 6.45) is 1.02. The number of aliphatic hydroxyl groups is 1. The first kappa shape index (κ1) is 11.7. The second kappa shape index (κ2) is 4.05. The Hall–Kier alpha value is -0.420. The summed E-state index contributed by atoms with van der Waals surface area (Å²) in [5.41, 5.74) is 5.95. The Labute approximate surface area is 113 Å². The zero-order valence-electron chi connectivity index (χ0n) is 9.32. The summed E-state index contributed by atoms with van der Waals surface area (Å²) in [6, 6.07) is 8.56. The average Bonchev–Trinajstić information content (AvgIpc) is 2.93. The Balaban J connectivity index is 2.07. The quantitative estimate of drug-likeness (QED) is 0.915. The Morgan fingerprint density at radius 3 is 2.94 bits per heavy atom. The van der Waals surface area contributed by atoms with Crippen molar-refractivity contribution in [2.45, 2.75) is 11.8 Å². The van der Waals surface area contributed by atoms with E-state index in [9.17, 15) is 5.11 Å². The standard InChI is InChI=1S/C13H14BrNOS/c14-10-2-1-8-3-12(17-11(8)4-10)13(7-15)5-9(13)6-16/h1-4,9,16H,5-7,15H2. The van der Waals surface area contributed by atoms with Crippen LogP contribution in [-0.2, 0) is 5.41 Å². The van der Waals surface area contributed by atoms with Crippen molar-refractivity contribution >= 4 is 37.4 Å². The van der Waals surface area contributed by atoms with E-state index in [0.717, 1.165) is 10.9 Å². The molecule has 1 aromatic heterocycles. The Morgan fingerprint density at radius 2 is 2.29 bits per heavy atom. The molecule has 2 unspecified atom stereocenters. The highest BCUT2D eigenvalue weighted by atomic mass is 79.9. The van der Waals surface area contributed by atoms with Crippen molar-refractivity contribution in [1.82, 2.24) is 0 Å². The molecular formula is C13H14BrNOS. The molecule has 1 heterocycles. The monoisotopic (exact) mass is 311 g/mol. The maximum Gasteiger partial charge on any atom is 0.0468 e. The molecule has 0 spiro atoms. The lowest BCUT2D eigenvalue weighted by atomic mass is 10.0. The van der Waals surface area contributed by atoms with Gasteiger partial charge in [-0.05, 0) is 35.9 Å². The maximum absolute atomic E-state index is 9.29. The van der Waals surface area contributed by atoms with Crippen LogP contribution in [0.15, 0.2) is 28.7 Å². The Bertz CT molecular complexity index is 568. The molecule has 2 atom stereocenters. The summed E-state index contributed by atoms with van der Waals surface area (Å²) in [5, 5.41) is 10.6. The highest BCUT2D eigenvalue weighted by Gasteiger charge is 2.54. The largest absolute Gasteiger partial charge is 0.396 e. The number of rotatable bonds is 3. The van der Waals surface area contributed by atoms with Gasteiger partial charge in [0, 0.05) is 32.6 Å². The summed E-state index contributed by atoms with van der Waals surface area (Å²) < 4.78 is 2.39. The van der Waals surface area contributed by atoms with E-state index < -0.39 is 0 Å². The number of thiophene rings is 1. The lowest BCUT2D eigenvalue weighted by Crippen LogP contribution is -2.22. The maximum atomic E-state index is 9.29. The van der Waals surface area contributed by atoms with E-state index in [4.69, 9.17) is 5.73 Å². The number of nitrogens with two attached hydrogens (primary N) is 1. The number of fused-ring (bicyclic) bond motifs is 1. The molecule has 2 nitrogen and oxygen atoms in total. The van der Waals surface area contributed by atoms with Gasteiger partial charge in [-0.2, -0.15) is 0 Å². The second-order valence-electron chi connectivity index (χ2n) is 4.74. The second-order valence-corrected chi connectivity index (χ2v) is 6.74. The molecule has 2 aromatic rings. The lowest BCUT2D eigenvalue weighted by molar-refractivity contribution is 0.264. The first-order valence-electron chi connectivity index (χ1n) is 5.70. The van der Waals surface area contributed by atoms with Crippen LogP contribution in [0.3, 0.4) is 0 Å². The van der Waals surface area contributed by atoms with E-state index in [2.05, 4.69) is 40.2 Å². The van der Waals surface area contributed by atoms with E-state index in [1.165, 1.54) is 15.0 Å². The van der Waals surface area contributed by atoms with Crippen LogP contribution < -0.4 is 5.73 Å². The number of halogens is 1. The molecule has 0 aliphatic heterocycles. The van der Waals surface area contributed by atoms with Gasteiger partial charge in [0.1, 0.15) is 0 Å². The molecular weight excluding hydrogens is 298 g/mol. The number of hydrogen-bond donors (Lipinski definition) is 2. The fraction of sp³-hybridized carbons (Fsp3) is 0.385. The predicted octanol–water partition coefficient (Wildman–Crippen LogP) is 2.87. The van der Waals surface area contributed by atoms with Crippen LogP contribution in [0.2, 0.25) is 0 Å². The van der Waals surface area contributed by atoms with E-state index in [1.807, 2.05) is 0 Å². The summed E-state index contributed by atoms with van der Waals surface area (Å²) >= 11 is 5.30. The summed E-state index contributed by atoms with van der Waals surface area (Å²) in [5.74, 6) is 0.351. The Kier molecular flexibility index (Phi) is 2.78. The van der Waals surface area contributed by atoms with Crippen molar-refractivity contribution < 1.29 is 5.11 Å². The van der Waals surface area contributed by atoms with Crippen LogP contribution in [0.5, 0.6) is 0 Å². The van der Waals surface area contributed by atoms with Gasteiger partial charge < -0.3 is 10.8 Å². The van der Waals surface area contributed by atoms with Crippen LogP contribution >= 0.6 is 27.3 Å². The fourth-order valence-electron chi connectivity index (χ4n) is 2.52. The smallest absolute Gasteiger partial charge is 0.0468 e. The highest BCUT2D eigenvalue weighted by molar-refractivity contribution is 9.10. The number of aliphatic hydroxyl groups excluding tert-OH is 1. The van der Waals surface area contributed by atoms with Crippen LogP contribution in [0, 0.1) is 5.92 Å². The molecule has 1 saturated carbocycles. The first-order valence-corrected chi connectivity index (χ1v) is 7.31. The third kappa shape index (κ3) is 1.74. The van der Waals surface area contributed by atoms with E-state index in [-0.39, 0.29) is 12.0 Å². The topological polar surface area (TPSA) is 46.2 Å². The predicted molar refractivity (Wildman–Crippen MR) is 75.5 cm³/mol. The normalized spacial score (nSPS) is 27.6. The minimum absolute atomic E-state index is 0.0465. The van der Waals surface area contributed by atoms with Crippen molar-refractivity contribution in [1.29, 1.82) is 0 Å². The van der Waals surface area contributed by atoms with Gasteiger partial charge in [0.05, 0.1) is 0 Å². The molecule has 4 heteroatoms. The molecule has 0 saturated heterocycles. The number of benzene rings is 1. The van der Waals surface area contributed by atoms with E-state index >= 15 is 0 Å². The zero-order chi connectivity index (χ0) is 12.0. The van der Waals surface area contributed by atoms with Crippen LogP contribution in [0.25, 0.3) is 10.1 Å². The third-order valence-electron chi connectivity index (χ3n) is 3.79. The van der Waals surface area contributed by atoms with Gasteiger partial charge in [0.2, 0.25) is 0 Å². The molecule has 90 valence electrons. The van der Waals surface area contributed by atoms with Crippen molar-refractivity contribution in [3.8, 4) is 0 Å². The fourth-order valence-corrected chi connectivity index (χ4v) is 4.43. The lowest BCUT2D eigenvalue weighted by Gasteiger charge is -2.11. The van der Waals surface area contributed by atoms with Gasteiger partial charge in [-0.25, -0.2) is 0 Å². The van der Waals surface area contributed by atoms with Gasteiger partial charge in [-0.3, -0.25) is 0 Å². The summed E-state index contributed by atoms with van der Waals surface area (Å²) in [6.45, 7) is 0.876. The van der Waals surface area contributed by atoms with Crippen molar-refractivity contribution in [2.24, 2.45) is 11.7 Å². The van der Waals surface area contributed by atoms with Gasteiger partial charge >= 0.3 is 0 Å². The minimum Gasteiger partial charge on any atom is -0.396 e. The number of hydrogen-bond acceptors (Lipinski definition) is 3. The van der Waals surface area contributed by atoms with Crippen molar-refractivity contribution in [3.05, 3.63) is 33.6 Å². The molecule has 1 aliphatic rings. The van der Waals surface area contributed by atoms with Crippen LogP contribution in [-0.4, -0.2) is 18.3 Å². The SMILES string of the molecule is NCC1(c2cc3ccc(Br)cc3s2)CC1CO. The highest BCUT2D eigenvalue weighted by Crippen LogP contribution is 2.55. The molecule has 0 bridgehead atoms. The summed E-state index contributed by atoms with van der Waals surface area (Å²) in [4.78, 5) is 1.33. The molecule has 3 N–H and O–H groups in total. The average molecular weight is 312 g/mol. The van der Waals surface area contributed by atoms with Crippen molar-refractivity contribution in [3.63, 3.8) is 0 Å². The zero-order valence-corrected chi connectivity index (χ0v) is 11.7. The molecule has 0 radical (unpaired) electrons. The van der Waals surface area contributed by atoms with E-state index in [1.54, 1.807) is 11.3 Å². The minimum atomic E-state index is 0.0465.